The molecule has 0 amide bonds. The van der Waals surface area contributed by atoms with Crippen molar-refractivity contribution in [2.75, 3.05) is 13.1 Å². The first-order valence-corrected chi connectivity index (χ1v) is 6.49. The second kappa shape index (κ2) is 3.69. The van der Waals surface area contributed by atoms with Gasteiger partial charge in [-0.05, 0) is 36.5 Å². The summed E-state index contributed by atoms with van der Waals surface area (Å²) < 4.78 is 2.53. The van der Waals surface area contributed by atoms with Crippen molar-refractivity contribution >= 4 is 22.9 Å². The smallest absolute Gasteiger partial charge is 0.0201 e. The van der Waals surface area contributed by atoms with Gasteiger partial charge in [0.1, 0.15) is 0 Å². The lowest BCUT2D eigenvalue weighted by Crippen LogP contribution is -2.48. The molecular formula is C11H20IN. The van der Waals surface area contributed by atoms with E-state index in [2.05, 4.69) is 39.8 Å². The van der Waals surface area contributed by atoms with Crippen LogP contribution in [-0.2, 0) is 0 Å². The summed E-state index contributed by atoms with van der Waals surface area (Å²) in [6.07, 6.45) is 5.98. The van der Waals surface area contributed by atoms with Gasteiger partial charge in [0.25, 0.3) is 0 Å². The molecule has 1 heterocycles. The lowest BCUT2D eigenvalue weighted by Gasteiger charge is -2.51. The van der Waals surface area contributed by atoms with Gasteiger partial charge in [0.2, 0.25) is 0 Å². The predicted molar refractivity (Wildman–Crippen MR) is 64.8 cm³/mol. The molecular weight excluding hydrogens is 273 g/mol. The van der Waals surface area contributed by atoms with Crippen molar-refractivity contribution < 1.29 is 0 Å². The Bertz CT molecular complexity index is 187. The normalized spacial score (nSPS) is 33.7. The molecule has 0 bridgehead atoms. The van der Waals surface area contributed by atoms with Crippen molar-refractivity contribution in [3.05, 3.63) is 0 Å². The third-order valence-electron chi connectivity index (χ3n) is 3.99. The predicted octanol–water partition coefficient (Wildman–Crippen LogP) is 3.48. The minimum atomic E-state index is 0.744. The second-order valence-electron chi connectivity index (χ2n) is 5.37. The Morgan fingerprint density at radius 3 is 2.54 bits per heavy atom. The molecule has 2 aliphatic rings. The van der Waals surface area contributed by atoms with Gasteiger partial charge in [0.05, 0.1) is 0 Å². The Morgan fingerprint density at radius 2 is 2.08 bits per heavy atom. The van der Waals surface area contributed by atoms with Crippen LogP contribution in [-0.4, -0.2) is 16.2 Å². The van der Waals surface area contributed by atoms with Crippen molar-refractivity contribution in [1.29, 1.82) is 0 Å². The van der Waals surface area contributed by atoms with Crippen molar-refractivity contribution in [3.8, 4) is 0 Å². The molecule has 1 aliphatic carbocycles. The third-order valence-corrected chi connectivity index (χ3v) is 4.73. The van der Waals surface area contributed by atoms with Gasteiger partial charge in [0.15, 0.2) is 0 Å². The zero-order valence-electron chi connectivity index (χ0n) is 8.72. The first-order valence-electron chi connectivity index (χ1n) is 5.52. The van der Waals surface area contributed by atoms with E-state index in [1.165, 1.54) is 38.8 Å². The highest BCUT2D eigenvalue weighted by Gasteiger charge is 2.43. The van der Waals surface area contributed by atoms with Crippen LogP contribution < -0.4 is 0 Å². The quantitative estimate of drug-likeness (QED) is 0.528. The average Bonchev–Trinajstić information content (AvgIpc) is 2.00. The average molecular weight is 293 g/mol. The summed E-state index contributed by atoms with van der Waals surface area (Å²) in [4.78, 5) is 0. The molecule has 2 heteroatoms. The highest BCUT2D eigenvalue weighted by molar-refractivity contribution is 14.1. The maximum absolute atomic E-state index is 2.53. The number of hydrogen-bond donors (Lipinski definition) is 0. The van der Waals surface area contributed by atoms with Crippen LogP contribution in [0.4, 0.5) is 0 Å². The maximum Gasteiger partial charge on any atom is 0.0201 e. The molecule has 1 saturated carbocycles. The van der Waals surface area contributed by atoms with Gasteiger partial charge < -0.3 is 0 Å². The molecule has 76 valence electrons. The summed E-state index contributed by atoms with van der Waals surface area (Å²) in [5, 5.41) is 0. The molecule has 0 N–H and O–H groups in total. The monoisotopic (exact) mass is 293 g/mol. The van der Waals surface area contributed by atoms with Gasteiger partial charge in [-0.15, -0.1) is 0 Å². The van der Waals surface area contributed by atoms with E-state index in [1.807, 2.05) is 0 Å². The van der Waals surface area contributed by atoms with E-state index in [4.69, 9.17) is 0 Å². The van der Waals surface area contributed by atoms with Crippen LogP contribution in [0.25, 0.3) is 0 Å². The molecule has 1 nitrogen and oxygen atoms in total. The van der Waals surface area contributed by atoms with Crippen LogP contribution in [0, 0.1) is 17.3 Å². The summed E-state index contributed by atoms with van der Waals surface area (Å²) in [7, 11) is 0. The lowest BCUT2D eigenvalue weighted by atomic mass is 9.61. The summed E-state index contributed by atoms with van der Waals surface area (Å²) in [5.74, 6) is 1.82. The Labute approximate surface area is 95.8 Å². The second-order valence-corrected chi connectivity index (χ2v) is 6.73. The molecule has 1 saturated heterocycles. The van der Waals surface area contributed by atoms with Gasteiger partial charge in [-0.3, -0.25) is 0 Å². The Balaban J connectivity index is 2.01. The summed E-state index contributed by atoms with van der Waals surface area (Å²) >= 11 is 2.52. The lowest BCUT2D eigenvalue weighted by molar-refractivity contribution is 0.0213. The van der Waals surface area contributed by atoms with Crippen molar-refractivity contribution in [3.63, 3.8) is 0 Å². The fourth-order valence-corrected chi connectivity index (χ4v) is 4.08. The van der Waals surface area contributed by atoms with Gasteiger partial charge in [-0.2, -0.15) is 0 Å². The molecule has 0 unspecified atom stereocenters. The molecule has 0 aromatic rings. The molecule has 2 rings (SSSR count). The number of nitrogens with zero attached hydrogens (tertiary/aromatic N) is 1. The van der Waals surface area contributed by atoms with E-state index >= 15 is 0 Å². The van der Waals surface area contributed by atoms with Crippen LogP contribution in [0.2, 0.25) is 0 Å². The summed E-state index contributed by atoms with van der Waals surface area (Å²) in [6, 6.07) is 0. The molecule has 1 spiro atoms. The number of halogens is 1. The number of piperidine rings is 1. The van der Waals surface area contributed by atoms with Crippen LogP contribution >= 0.6 is 22.9 Å². The van der Waals surface area contributed by atoms with Gasteiger partial charge in [-0.25, -0.2) is 3.11 Å². The van der Waals surface area contributed by atoms with Crippen molar-refractivity contribution in [2.45, 2.75) is 39.5 Å². The van der Waals surface area contributed by atoms with Gasteiger partial charge in [-0.1, -0.05) is 20.3 Å². The Morgan fingerprint density at radius 1 is 1.38 bits per heavy atom. The van der Waals surface area contributed by atoms with Crippen LogP contribution in [0.15, 0.2) is 0 Å². The zero-order valence-corrected chi connectivity index (χ0v) is 10.9. The fraction of sp³-hybridized carbons (Fsp3) is 1.00. The molecule has 0 radical (unpaired) electrons. The molecule has 1 atom stereocenters. The zero-order chi connectivity index (χ0) is 9.47. The number of rotatable bonds is 1. The maximum atomic E-state index is 2.53. The van der Waals surface area contributed by atoms with E-state index < -0.39 is 0 Å². The van der Waals surface area contributed by atoms with Gasteiger partial charge >= 0.3 is 0 Å². The van der Waals surface area contributed by atoms with Gasteiger partial charge in [0, 0.05) is 36.0 Å². The van der Waals surface area contributed by atoms with E-state index in [9.17, 15) is 0 Å². The van der Waals surface area contributed by atoms with Crippen LogP contribution in [0.1, 0.15) is 39.5 Å². The standard InChI is InChI=1S/C11H20IN/c1-9(2)10-6-11(4-3-5-11)8-13(12)7-10/h9-10H,3-8H2,1-2H3/t10-/m1/s1. The topological polar surface area (TPSA) is 3.24 Å². The third kappa shape index (κ3) is 2.04. The minimum absolute atomic E-state index is 0.744. The molecule has 13 heavy (non-hydrogen) atoms. The van der Waals surface area contributed by atoms with E-state index in [-0.39, 0.29) is 0 Å². The molecule has 1 aliphatic heterocycles. The first-order chi connectivity index (χ1) is 6.11. The minimum Gasteiger partial charge on any atom is -0.247 e. The molecule has 0 aromatic heterocycles. The largest absolute Gasteiger partial charge is 0.247 e. The SMILES string of the molecule is CC(C)[C@H]1CN(I)CC2(CCC2)C1. The highest BCUT2D eigenvalue weighted by Crippen LogP contribution is 2.50. The van der Waals surface area contributed by atoms with Crippen molar-refractivity contribution in [2.24, 2.45) is 17.3 Å². The number of hydrogen-bond acceptors (Lipinski definition) is 1. The molecule has 2 fully saturated rings. The van der Waals surface area contributed by atoms with E-state index in [1.54, 1.807) is 0 Å². The van der Waals surface area contributed by atoms with Crippen LogP contribution in [0.3, 0.4) is 0 Å². The Kier molecular flexibility index (Phi) is 2.90. The van der Waals surface area contributed by atoms with Crippen molar-refractivity contribution in [1.82, 2.24) is 3.11 Å². The fourth-order valence-electron chi connectivity index (χ4n) is 2.85. The summed E-state index contributed by atoms with van der Waals surface area (Å²) in [6.45, 7) is 7.44. The Hall–Kier alpha value is 0.690. The van der Waals surface area contributed by atoms with E-state index in [0.29, 0.717) is 0 Å². The molecule has 0 aromatic carbocycles. The highest BCUT2D eigenvalue weighted by atomic mass is 127. The summed E-state index contributed by atoms with van der Waals surface area (Å²) in [5.41, 5.74) is 0.744. The van der Waals surface area contributed by atoms with E-state index in [0.717, 1.165) is 17.3 Å². The van der Waals surface area contributed by atoms with Crippen LogP contribution in [0.5, 0.6) is 0 Å². The first kappa shape index (κ1) is 10.2.